The molecule has 2 aliphatic heterocycles. The Morgan fingerprint density at radius 1 is 1.53 bits per heavy atom. The van der Waals surface area contributed by atoms with Crippen LogP contribution in [0.25, 0.3) is 0 Å². The zero-order valence-electron chi connectivity index (χ0n) is 8.20. The Balaban J connectivity index is 1.90. The second kappa shape index (κ2) is 3.79. The lowest BCUT2D eigenvalue weighted by Gasteiger charge is -2.10. The Morgan fingerprint density at radius 3 is 3.20 bits per heavy atom. The van der Waals surface area contributed by atoms with Crippen molar-refractivity contribution >= 4 is 45.3 Å². The van der Waals surface area contributed by atoms with E-state index in [4.69, 9.17) is 4.74 Å². The summed E-state index contributed by atoms with van der Waals surface area (Å²) in [7, 11) is 0. The van der Waals surface area contributed by atoms with Gasteiger partial charge < -0.3 is 4.74 Å². The predicted molar refractivity (Wildman–Crippen MR) is 69.6 cm³/mol. The summed E-state index contributed by atoms with van der Waals surface area (Å²) in [6.45, 7) is 2.90. The number of thioether (sulfide) groups is 1. The minimum Gasteiger partial charge on any atom is -0.492 e. The average Bonchev–Trinajstić information content (AvgIpc) is 2.91. The number of ether oxygens (including phenoxy) is 1. The van der Waals surface area contributed by atoms with Gasteiger partial charge in [-0.25, -0.2) is 0 Å². The van der Waals surface area contributed by atoms with E-state index in [9.17, 15) is 0 Å². The van der Waals surface area contributed by atoms with Gasteiger partial charge in [-0.1, -0.05) is 18.7 Å². The van der Waals surface area contributed by atoms with Gasteiger partial charge in [0.25, 0.3) is 0 Å². The van der Waals surface area contributed by atoms with E-state index >= 15 is 0 Å². The van der Waals surface area contributed by atoms with Crippen LogP contribution in [0.15, 0.2) is 21.5 Å². The highest BCUT2D eigenvalue weighted by atomic mass is 79.9. The maximum atomic E-state index is 5.68. The average molecular weight is 304 g/mol. The molecule has 0 radical (unpaired) electrons. The molecule has 1 unspecified atom stereocenters. The lowest BCUT2D eigenvalue weighted by atomic mass is 10.3. The van der Waals surface area contributed by atoms with Crippen molar-refractivity contribution in [3.63, 3.8) is 0 Å². The molecule has 5 heteroatoms. The van der Waals surface area contributed by atoms with Crippen molar-refractivity contribution < 1.29 is 4.74 Å². The fourth-order valence-electron chi connectivity index (χ4n) is 1.53. The standard InChI is InChI=1S/C10H10BrNOS2/c1-2-3-13-8-5-9-7(4-6(8)11)12-10(14-9)15-12/h4-5,10H,2-3H2,1H3. The highest BCUT2D eigenvalue weighted by Crippen LogP contribution is 2.63. The van der Waals surface area contributed by atoms with E-state index in [1.54, 1.807) is 0 Å². The van der Waals surface area contributed by atoms with E-state index < -0.39 is 0 Å². The third-order valence-electron chi connectivity index (χ3n) is 2.29. The van der Waals surface area contributed by atoms with Gasteiger partial charge in [0.2, 0.25) is 0 Å². The first-order valence-electron chi connectivity index (χ1n) is 4.88. The molecule has 0 spiro atoms. The largest absolute Gasteiger partial charge is 0.492 e. The van der Waals surface area contributed by atoms with Gasteiger partial charge in [0.1, 0.15) is 5.75 Å². The molecule has 80 valence electrons. The summed E-state index contributed by atoms with van der Waals surface area (Å²) in [6, 6.07) is 4.31. The topological polar surface area (TPSA) is 12.2 Å². The number of benzene rings is 1. The number of hydrogen-bond donors (Lipinski definition) is 0. The van der Waals surface area contributed by atoms with E-state index in [0.717, 1.165) is 23.2 Å². The molecule has 3 rings (SSSR count). The predicted octanol–water partition coefficient (Wildman–Crippen LogP) is 4.10. The lowest BCUT2D eigenvalue weighted by molar-refractivity contribution is 0.315. The van der Waals surface area contributed by atoms with Gasteiger partial charge in [-0.3, -0.25) is 4.31 Å². The highest BCUT2D eigenvalue weighted by Gasteiger charge is 2.45. The van der Waals surface area contributed by atoms with Crippen LogP contribution >= 0.6 is 39.6 Å². The van der Waals surface area contributed by atoms with Crippen molar-refractivity contribution in [3.8, 4) is 5.75 Å². The van der Waals surface area contributed by atoms with Gasteiger partial charge in [-0.05, 0) is 46.4 Å². The van der Waals surface area contributed by atoms with Crippen molar-refractivity contribution in [2.75, 3.05) is 10.9 Å². The number of anilines is 1. The molecule has 2 heterocycles. The number of nitrogens with zero attached hydrogens (tertiary/aromatic N) is 1. The molecular formula is C10H10BrNOS2. The third-order valence-corrected chi connectivity index (χ3v) is 5.39. The molecule has 0 N–H and O–H groups in total. The Morgan fingerprint density at radius 2 is 2.40 bits per heavy atom. The molecule has 1 fully saturated rings. The van der Waals surface area contributed by atoms with Crippen LogP contribution in [0.4, 0.5) is 5.69 Å². The van der Waals surface area contributed by atoms with Crippen molar-refractivity contribution in [2.24, 2.45) is 0 Å². The Bertz CT molecular complexity index is 413. The van der Waals surface area contributed by atoms with Crippen LogP contribution in [-0.4, -0.2) is 11.3 Å². The zero-order valence-corrected chi connectivity index (χ0v) is 11.4. The Hall–Kier alpha value is -0.000000000000000222. The first kappa shape index (κ1) is 10.2. The van der Waals surface area contributed by atoms with Crippen molar-refractivity contribution in [1.82, 2.24) is 0 Å². The molecule has 0 aliphatic carbocycles. The quantitative estimate of drug-likeness (QED) is 0.615. The lowest BCUT2D eigenvalue weighted by Crippen LogP contribution is -1.96. The molecule has 1 atom stereocenters. The molecule has 2 aliphatic rings. The summed E-state index contributed by atoms with van der Waals surface area (Å²) >= 11 is 7.35. The van der Waals surface area contributed by atoms with Gasteiger partial charge in [-0.2, -0.15) is 0 Å². The summed E-state index contributed by atoms with van der Waals surface area (Å²) in [6.07, 6.45) is 1.04. The monoisotopic (exact) mass is 303 g/mol. The van der Waals surface area contributed by atoms with Gasteiger partial charge >= 0.3 is 0 Å². The summed E-state index contributed by atoms with van der Waals surface area (Å²) in [4.78, 5) is 1.34. The molecule has 0 aromatic heterocycles. The molecule has 0 bridgehead atoms. The van der Waals surface area contributed by atoms with Gasteiger partial charge in [-0.15, -0.1) is 0 Å². The Labute approximate surface area is 106 Å². The number of fused-ring (bicyclic) bond motifs is 3. The van der Waals surface area contributed by atoms with Crippen LogP contribution in [0.1, 0.15) is 13.3 Å². The summed E-state index contributed by atoms with van der Waals surface area (Å²) in [5.41, 5.74) is 1.32. The minimum absolute atomic E-state index is 0.619. The Kier molecular flexibility index (Phi) is 2.57. The fraction of sp³-hybridized carbons (Fsp3) is 0.400. The molecule has 0 amide bonds. The van der Waals surface area contributed by atoms with E-state index in [1.165, 1.54) is 10.6 Å². The smallest absolute Gasteiger partial charge is 0.156 e. The SMILES string of the molecule is CCCOc1cc2c(cc1Br)N1SC1S2. The van der Waals surface area contributed by atoms with Crippen LogP contribution < -0.4 is 9.04 Å². The third kappa shape index (κ3) is 1.74. The van der Waals surface area contributed by atoms with Crippen molar-refractivity contribution in [3.05, 3.63) is 16.6 Å². The molecule has 1 aromatic rings. The van der Waals surface area contributed by atoms with Crippen molar-refractivity contribution in [1.29, 1.82) is 0 Å². The maximum Gasteiger partial charge on any atom is 0.156 e. The normalized spacial score (nSPS) is 21.2. The van der Waals surface area contributed by atoms with Crippen LogP contribution in [0, 0.1) is 0 Å². The molecule has 2 nitrogen and oxygen atoms in total. The van der Waals surface area contributed by atoms with Crippen LogP contribution in [-0.2, 0) is 0 Å². The molecule has 1 saturated heterocycles. The van der Waals surface area contributed by atoms with E-state index in [-0.39, 0.29) is 0 Å². The van der Waals surface area contributed by atoms with Crippen LogP contribution in [0.5, 0.6) is 5.75 Å². The summed E-state index contributed by atoms with van der Waals surface area (Å²) in [5, 5.41) is 0. The van der Waals surface area contributed by atoms with E-state index in [0.29, 0.717) is 4.71 Å². The minimum atomic E-state index is 0.619. The first-order valence-corrected chi connectivity index (χ1v) is 7.39. The second-order valence-corrected chi connectivity index (χ2v) is 6.78. The maximum absolute atomic E-state index is 5.68. The fourth-order valence-corrected chi connectivity index (χ4v) is 4.32. The van der Waals surface area contributed by atoms with Crippen LogP contribution in [0.2, 0.25) is 0 Å². The van der Waals surface area contributed by atoms with Crippen molar-refractivity contribution in [2.45, 2.75) is 22.9 Å². The van der Waals surface area contributed by atoms with Gasteiger partial charge in [0.15, 0.2) is 4.71 Å². The summed E-state index contributed by atoms with van der Waals surface area (Å²) in [5.74, 6) is 0.968. The van der Waals surface area contributed by atoms with E-state index in [2.05, 4.69) is 39.3 Å². The first-order chi connectivity index (χ1) is 7.29. The summed E-state index contributed by atoms with van der Waals surface area (Å²) < 4.78 is 9.68. The molecule has 0 saturated carbocycles. The van der Waals surface area contributed by atoms with Gasteiger partial charge in [0.05, 0.1) is 16.8 Å². The van der Waals surface area contributed by atoms with Gasteiger partial charge in [0, 0.05) is 4.90 Å². The zero-order chi connectivity index (χ0) is 10.4. The number of hydrogen-bond acceptors (Lipinski definition) is 4. The molecule has 15 heavy (non-hydrogen) atoms. The molecular weight excluding hydrogens is 294 g/mol. The number of halogens is 1. The van der Waals surface area contributed by atoms with Crippen LogP contribution in [0.3, 0.4) is 0 Å². The van der Waals surface area contributed by atoms with E-state index in [1.807, 2.05) is 23.7 Å². The highest BCUT2D eigenvalue weighted by molar-refractivity contribution is 9.10. The second-order valence-electron chi connectivity index (χ2n) is 3.45. The molecule has 1 aromatic carbocycles. The number of rotatable bonds is 3.